The van der Waals surface area contributed by atoms with E-state index in [-0.39, 0.29) is 11.0 Å². The lowest BCUT2D eigenvalue weighted by molar-refractivity contribution is 0.558. The Hall–Kier alpha value is -1.91. The summed E-state index contributed by atoms with van der Waals surface area (Å²) in [5.41, 5.74) is 1.49. The first kappa shape index (κ1) is 11.6. The van der Waals surface area contributed by atoms with Crippen molar-refractivity contribution in [2.24, 2.45) is 0 Å². The van der Waals surface area contributed by atoms with Crippen LogP contribution in [-0.4, -0.2) is 20.0 Å². The van der Waals surface area contributed by atoms with Crippen LogP contribution in [0.15, 0.2) is 23.0 Å². The SMILES string of the molecule is Cc1ccc(-n2[nH]c(C(C)(C)C)cc2=O)nn1. The number of aromatic amines is 1. The van der Waals surface area contributed by atoms with Gasteiger partial charge in [0.15, 0.2) is 5.82 Å². The van der Waals surface area contributed by atoms with E-state index in [2.05, 4.69) is 15.3 Å². The molecule has 0 aliphatic heterocycles. The van der Waals surface area contributed by atoms with E-state index in [9.17, 15) is 4.79 Å². The van der Waals surface area contributed by atoms with Gasteiger partial charge < -0.3 is 0 Å². The summed E-state index contributed by atoms with van der Waals surface area (Å²) in [5, 5.41) is 11.0. The van der Waals surface area contributed by atoms with E-state index in [1.807, 2.05) is 33.8 Å². The Morgan fingerprint density at radius 2 is 1.94 bits per heavy atom. The van der Waals surface area contributed by atoms with Crippen LogP contribution in [0.25, 0.3) is 5.82 Å². The molecule has 0 aliphatic carbocycles. The van der Waals surface area contributed by atoms with Gasteiger partial charge in [-0.1, -0.05) is 20.8 Å². The van der Waals surface area contributed by atoms with Crippen LogP contribution in [0.2, 0.25) is 0 Å². The highest BCUT2D eigenvalue weighted by Crippen LogP contribution is 2.18. The smallest absolute Gasteiger partial charge is 0.272 e. The lowest BCUT2D eigenvalue weighted by atomic mass is 9.93. The van der Waals surface area contributed by atoms with Crippen molar-refractivity contribution in [1.82, 2.24) is 20.0 Å². The van der Waals surface area contributed by atoms with Gasteiger partial charge in [0.25, 0.3) is 5.56 Å². The highest BCUT2D eigenvalue weighted by Gasteiger charge is 2.18. The molecule has 0 spiro atoms. The van der Waals surface area contributed by atoms with Gasteiger partial charge in [-0.3, -0.25) is 9.89 Å². The predicted octanol–water partition coefficient (Wildman–Crippen LogP) is 1.56. The Kier molecular flexibility index (Phi) is 2.61. The normalized spacial score (nSPS) is 11.8. The van der Waals surface area contributed by atoms with E-state index in [1.165, 1.54) is 4.68 Å². The minimum Gasteiger partial charge on any atom is -0.293 e. The van der Waals surface area contributed by atoms with Crippen LogP contribution in [0.5, 0.6) is 0 Å². The molecule has 0 atom stereocenters. The van der Waals surface area contributed by atoms with Gasteiger partial charge in [-0.15, -0.1) is 5.10 Å². The number of hydrogen-bond donors (Lipinski definition) is 1. The van der Waals surface area contributed by atoms with Crippen molar-refractivity contribution in [3.63, 3.8) is 0 Å². The van der Waals surface area contributed by atoms with E-state index in [0.29, 0.717) is 5.82 Å². The average Bonchev–Trinajstić information content (AvgIpc) is 2.61. The molecular weight excluding hydrogens is 216 g/mol. The lowest BCUT2D eigenvalue weighted by Crippen LogP contribution is -2.16. The van der Waals surface area contributed by atoms with Gasteiger partial charge in [0, 0.05) is 17.2 Å². The van der Waals surface area contributed by atoms with Gasteiger partial charge in [-0.2, -0.15) is 9.78 Å². The Balaban J connectivity index is 2.50. The Morgan fingerprint density at radius 3 is 2.41 bits per heavy atom. The number of rotatable bonds is 1. The number of aromatic nitrogens is 4. The van der Waals surface area contributed by atoms with Crippen LogP contribution in [0.1, 0.15) is 32.2 Å². The van der Waals surface area contributed by atoms with Crippen molar-refractivity contribution in [1.29, 1.82) is 0 Å². The first-order valence-electron chi connectivity index (χ1n) is 5.51. The van der Waals surface area contributed by atoms with Crippen LogP contribution >= 0.6 is 0 Å². The van der Waals surface area contributed by atoms with Crippen molar-refractivity contribution >= 4 is 0 Å². The molecule has 2 aromatic heterocycles. The van der Waals surface area contributed by atoms with Crippen molar-refractivity contribution in [2.45, 2.75) is 33.1 Å². The monoisotopic (exact) mass is 232 g/mol. The Labute approximate surface area is 99.5 Å². The second kappa shape index (κ2) is 3.84. The van der Waals surface area contributed by atoms with E-state index >= 15 is 0 Å². The number of hydrogen-bond acceptors (Lipinski definition) is 3. The van der Waals surface area contributed by atoms with Crippen LogP contribution in [0, 0.1) is 6.92 Å². The molecule has 0 fully saturated rings. The Morgan fingerprint density at radius 1 is 1.24 bits per heavy atom. The summed E-state index contributed by atoms with van der Waals surface area (Å²) >= 11 is 0. The molecule has 0 amide bonds. The molecule has 90 valence electrons. The molecule has 5 heteroatoms. The fourth-order valence-electron chi connectivity index (χ4n) is 1.46. The third kappa shape index (κ3) is 2.27. The molecule has 17 heavy (non-hydrogen) atoms. The molecule has 0 saturated carbocycles. The summed E-state index contributed by atoms with van der Waals surface area (Å²) in [7, 11) is 0. The molecule has 0 aromatic carbocycles. The first-order chi connectivity index (χ1) is 7.88. The standard InChI is InChI=1S/C12H16N4O/c1-8-5-6-10(14-13-8)16-11(17)7-9(15-16)12(2,3)4/h5-7,15H,1-4H3. The molecular formula is C12H16N4O. The maximum atomic E-state index is 11.8. The van der Waals surface area contributed by atoms with E-state index in [1.54, 1.807) is 12.1 Å². The zero-order valence-corrected chi connectivity index (χ0v) is 10.5. The van der Waals surface area contributed by atoms with Crippen LogP contribution in [0.3, 0.4) is 0 Å². The van der Waals surface area contributed by atoms with Crippen LogP contribution in [-0.2, 0) is 5.41 Å². The Bertz CT molecular complexity index is 572. The van der Waals surface area contributed by atoms with Crippen LogP contribution in [0.4, 0.5) is 0 Å². The number of nitrogens with one attached hydrogen (secondary N) is 1. The van der Waals surface area contributed by atoms with Gasteiger partial charge in [0.1, 0.15) is 0 Å². The maximum Gasteiger partial charge on any atom is 0.272 e. The second-order valence-corrected chi connectivity index (χ2v) is 5.13. The van der Waals surface area contributed by atoms with Gasteiger partial charge >= 0.3 is 0 Å². The van der Waals surface area contributed by atoms with Crippen molar-refractivity contribution in [2.75, 3.05) is 0 Å². The van der Waals surface area contributed by atoms with Gasteiger partial charge in [0.2, 0.25) is 0 Å². The van der Waals surface area contributed by atoms with E-state index in [4.69, 9.17) is 0 Å². The maximum absolute atomic E-state index is 11.8. The topological polar surface area (TPSA) is 63.6 Å². The summed E-state index contributed by atoms with van der Waals surface area (Å²) in [6, 6.07) is 5.20. The summed E-state index contributed by atoms with van der Waals surface area (Å²) in [5.74, 6) is 0.510. The van der Waals surface area contributed by atoms with Crippen molar-refractivity contribution in [3.8, 4) is 5.82 Å². The van der Waals surface area contributed by atoms with Crippen molar-refractivity contribution in [3.05, 3.63) is 39.9 Å². The number of H-pyrrole nitrogens is 1. The van der Waals surface area contributed by atoms with Crippen LogP contribution < -0.4 is 5.56 Å². The highest BCUT2D eigenvalue weighted by atomic mass is 16.1. The van der Waals surface area contributed by atoms with E-state index < -0.39 is 0 Å². The summed E-state index contributed by atoms with van der Waals surface area (Å²) in [4.78, 5) is 11.8. The molecule has 0 radical (unpaired) electrons. The molecule has 0 saturated heterocycles. The zero-order valence-electron chi connectivity index (χ0n) is 10.5. The number of nitrogens with zero attached hydrogens (tertiary/aromatic N) is 3. The first-order valence-corrected chi connectivity index (χ1v) is 5.51. The fourth-order valence-corrected chi connectivity index (χ4v) is 1.46. The molecule has 0 unspecified atom stereocenters. The molecule has 2 heterocycles. The molecule has 0 aliphatic rings. The van der Waals surface area contributed by atoms with Crippen molar-refractivity contribution < 1.29 is 0 Å². The molecule has 0 bridgehead atoms. The third-order valence-corrected chi connectivity index (χ3v) is 2.54. The van der Waals surface area contributed by atoms with E-state index in [0.717, 1.165) is 11.4 Å². The summed E-state index contributed by atoms with van der Waals surface area (Å²) in [6.45, 7) is 7.99. The van der Waals surface area contributed by atoms with Gasteiger partial charge in [-0.25, -0.2) is 0 Å². The second-order valence-electron chi connectivity index (χ2n) is 5.13. The largest absolute Gasteiger partial charge is 0.293 e. The van der Waals surface area contributed by atoms with Gasteiger partial charge in [0.05, 0.1) is 5.69 Å². The lowest BCUT2D eigenvalue weighted by Gasteiger charge is -2.15. The quantitative estimate of drug-likeness (QED) is 0.811. The number of aryl methyl sites for hydroxylation is 1. The fraction of sp³-hybridized carbons (Fsp3) is 0.417. The summed E-state index contributed by atoms with van der Waals surface area (Å²) in [6.07, 6.45) is 0. The molecule has 2 aromatic rings. The minimum absolute atomic E-state index is 0.0947. The molecule has 1 N–H and O–H groups in total. The van der Waals surface area contributed by atoms with Gasteiger partial charge in [-0.05, 0) is 19.1 Å². The molecule has 5 nitrogen and oxygen atoms in total. The zero-order chi connectivity index (χ0) is 12.6. The predicted molar refractivity (Wildman–Crippen MR) is 65.4 cm³/mol. The highest BCUT2D eigenvalue weighted by molar-refractivity contribution is 5.22. The minimum atomic E-state index is -0.118. The average molecular weight is 232 g/mol. The third-order valence-electron chi connectivity index (χ3n) is 2.54. The molecule has 2 rings (SSSR count). The summed E-state index contributed by atoms with van der Waals surface area (Å²) < 4.78 is 1.41.